The SMILES string of the molecule is OC1(C(F)(F)F)CCNC(c2ccc(F)c(F)c2)C1. The highest BCUT2D eigenvalue weighted by atomic mass is 19.4. The highest BCUT2D eigenvalue weighted by Crippen LogP contribution is 2.41. The zero-order valence-corrected chi connectivity index (χ0v) is 9.77. The molecule has 2 rings (SSSR count). The van der Waals surface area contributed by atoms with Crippen molar-refractivity contribution in [1.82, 2.24) is 5.32 Å². The zero-order valence-electron chi connectivity index (χ0n) is 9.77. The molecule has 1 aromatic carbocycles. The number of hydrogen-bond acceptors (Lipinski definition) is 2. The van der Waals surface area contributed by atoms with E-state index in [2.05, 4.69) is 5.32 Å². The molecule has 0 amide bonds. The molecule has 19 heavy (non-hydrogen) atoms. The van der Waals surface area contributed by atoms with Gasteiger partial charge >= 0.3 is 6.18 Å². The van der Waals surface area contributed by atoms with Gasteiger partial charge < -0.3 is 10.4 Å². The van der Waals surface area contributed by atoms with E-state index in [0.717, 1.165) is 12.1 Å². The van der Waals surface area contributed by atoms with Crippen molar-refractivity contribution in [1.29, 1.82) is 0 Å². The van der Waals surface area contributed by atoms with E-state index in [1.54, 1.807) is 0 Å². The maximum Gasteiger partial charge on any atom is 0.417 e. The van der Waals surface area contributed by atoms with E-state index in [-0.39, 0.29) is 12.1 Å². The minimum Gasteiger partial charge on any atom is -0.380 e. The summed E-state index contributed by atoms with van der Waals surface area (Å²) in [7, 11) is 0. The summed E-state index contributed by atoms with van der Waals surface area (Å²) in [6, 6.07) is 2.04. The van der Waals surface area contributed by atoms with Crippen molar-refractivity contribution in [2.24, 2.45) is 0 Å². The predicted octanol–water partition coefficient (Wildman–Crippen LogP) is 2.68. The highest BCUT2D eigenvalue weighted by molar-refractivity contribution is 5.23. The van der Waals surface area contributed by atoms with Gasteiger partial charge in [0.2, 0.25) is 0 Å². The van der Waals surface area contributed by atoms with Crippen molar-refractivity contribution in [3.05, 3.63) is 35.4 Å². The summed E-state index contributed by atoms with van der Waals surface area (Å²) in [4.78, 5) is 0. The van der Waals surface area contributed by atoms with Crippen LogP contribution in [0.2, 0.25) is 0 Å². The third-order valence-electron chi connectivity index (χ3n) is 3.34. The van der Waals surface area contributed by atoms with Crippen LogP contribution in [0.4, 0.5) is 22.0 Å². The third kappa shape index (κ3) is 2.71. The quantitative estimate of drug-likeness (QED) is 0.776. The lowest BCUT2D eigenvalue weighted by Gasteiger charge is -2.38. The van der Waals surface area contributed by atoms with Crippen molar-refractivity contribution >= 4 is 0 Å². The second-order valence-electron chi connectivity index (χ2n) is 4.66. The van der Waals surface area contributed by atoms with E-state index in [1.165, 1.54) is 6.07 Å². The molecule has 1 aliphatic rings. The number of nitrogens with one attached hydrogen (secondary N) is 1. The van der Waals surface area contributed by atoms with Gasteiger partial charge in [-0.15, -0.1) is 0 Å². The first-order chi connectivity index (χ1) is 8.73. The molecule has 0 saturated carbocycles. The average Bonchev–Trinajstić information content (AvgIpc) is 2.31. The summed E-state index contributed by atoms with van der Waals surface area (Å²) >= 11 is 0. The van der Waals surface area contributed by atoms with Crippen LogP contribution >= 0.6 is 0 Å². The fraction of sp³-hybridized carbons (Fsp3) is 0.500. The Morgan fingerprint density at radius 2 is 1.89 bits per heavy atom. The van der Waals surface area contributed by atoms with E-state index in [4.69, 9.17) is 0 Å². The number of alkyl halides is 3. The Bertz CT molecular complexity index is 476. The van der Waals surface area contributed by atoms with E-state index >= 15 is 0 Å². The zero-order chi connectivity index (χ0) is 14.3. The summed E-state index contributed by atoms with van der Waals surface area (Å²) in [5.74, 6) is -2.19. The van der Waals surface area contributed by atoms with Crippen LogP contribution in [0.15, 0.2) is 18.2 Å². The van der Waals surface area contributed by atoms with Crippen molar-refractivity contribution in [3.63, 3.8) is 0 Å². The number of halogens is 5. The van der Waals surface area contributed by atoms with Gasteiger partial charge in [-0.05, 0) is 30.7 Å². The van der Waals surface area contributed by atoms with Crippen molar-refractivity contribution in [3.8, 4) is 0 Å². The molecule has 7 heteroatoms. The fourth-order valence-corrected chi connectivity index (χ4v) is 2.19. The lowest BCUT2D eigenvalue weighted by molar-refractivity contribution is -0.271. The Balaban J connectivity index is 2.24. The molecule has 1 aliphatic heterocycles. The summed E-state index contributed by atoms with van der Waals surface area (Å²) in [5.41, 5.74) is -2.62. The van der Waals surface area contributed by atoms with Crippen molar-refractivity contribution < 1.29 is 27.1 Å². The molecule has 0 radical (unpaired) electrons. The number of rotatable bonds is 1. The minimum atomic E-state index is -4.74. The van der Waals surface area contributed by atoms with Gasteiger partial charge in [0.25, 0.3) is 0 Å². The van der Waals surface area contributed by atoms with E-state index in [0.29, 0.717) is 0 Å². The van der Waals surface area contributed by atoms with Gasteiger partial charge in [-0.1, -0.05) is 6.07 Å². The van der Waals surface area contributed by atoms with Crippen LogP contribution in [0, 0.1) is 11.6 Å². The molecule has 0 spiro atoms. The first kappa shape index (κ1) is 14.2. The lowest BCUT2D eigenvalue weighted by atomic mass is 9.84. The molecule has 2 nitrogen and oxygen atoms in total. The average molecular weight is 281 g/mol. The maximum absolute atomic E-state index is 13.1. The number of piperidine rings is 1. The normalized spacial score (nSPS) is 28.4. The lowest BCUT2D eigenvalue weighted by Crippen LogP contribution is -2.53. The monoisotopic (exact) mass is 281 g/mol. The van der Waals surface area contributed by atoms with Crippen LogP contribution in [-0.4, -0.2) is 23.4 Å². The van der Waals surface area contributed by atoms with Gasteiger partial charge in [0.15, 0.2) is 17.2 Å². The second kappa shape index (κ2) is 4.72. The first-order valence-corrected chi connectivity index (χ1v) is 5.70. The van der Waals surface area contributed by atoms with Gasteiger partial charge in [-0.25, -0.2) is 8.78 Å². The van der Waals surface area contributed by atoms with Crippen LogP contribution in [0.1, 0.15) is 24.4 Å². The Hall–Kier alpha value is -1.21. The molecular formula is C12H12F5NO. The minimum absolute atomic E-state index is 0.0559. The van der Waals surface area contributed by atoms with Crippen molar-refractivity contribution in [2.45, 2.75) is 30.7 Å². The molecule has 1 aromatic rings. The molecule has 2 unspecified atom stereocenters. The number of hydrogen-bond donors (Lipinski definition) is 2. The molecule has 0 aromatic heterocycles. The molecule has 1 saturated heterocycles. The van der Waals surface area contributed by atoms with Crippen LogP contribution < -0.4 is 5.32 Å². The van der Waals surface area contributed by atoms with Crippen LogP contribution in [0.25, 0.3) is 0 Å². The Kier molecular flexibility index (Phi) is 3.53. The summed E-state index contributed by atoms with van der Waals surface area (Å²) in [5, 5.41) is 12.4. The Labute approximate surface area is 106 Å². The molecule has 106 valence electrons. The topological polar surface area (TPSA) is 32.3 Å². The summed E-state index contributed by atoms with van der Waals surface area (Å²) in [6.07, 6.45) is -5.83. The van der Waals surface area contributed by atoms with E-state index < -0.39 is 42.3 Å². The summed E-state index contributed by atoms with van der Waals surface area (Å²) in [6.45, 7) is -0.0559. The third-order valence-corrected chi connectivity index (χ3v) is 3.34. The van der Waals surface area contributed by atoms with Crippen LogP contribution in [-0.2, 0) is 0 Å². The van der Waals surface area contributed by atoms with Crippen LogP contribution in [0.5, 0.6) is 0 Å². The second-order valence-corrected chi connectivity index (χ2v) is 4.66. The highest BCUT2D eigenvalue weighted by Gasteiger charge is 2.55. The maximum atomic E-state index is 13.1. The van der Waals surface area contributed by atoms with Gasteiger partial charge in [-0.3, -0.25) is 0 Å². The van der Waals surface area contributed by atoms with Crippen LogP contribution in [0.3, 0.4) is 0 Å². The molecule has 1 heterocycles. The smallest absolute Gasteiger partial charge is 0.380 e. The van der Waals surface area contributed by atoms with Gasteiger partial charge in [0.1, 0.15) is 0 Å². The number of benzene rings is 1. The molecule has 2 atom stereocenters. The molecule has 0 bridgehead atoms. The predicted molar refractivity (Wildman–Crippen MR) is 57.3 cm³/mol. The Morgan fingerprint density at radius 3 is 2.47 bits per heavy atom. The standard InChI is InChI=1S/C12H12F5NO/c13-8-2-1-7(5-9(8)14)10-6-11(19,3-4-18-10)12(15,16)17/h1-2,5,10,18-19H,3-4,6H2. The Morgan fingerprint density at radius 1 is 1.21 bits per heavy atom. The van der Waals surface area contributed by atoms with Gasteiger partial charge in [0.05, 0.1) is 0 Å². The van der Waals surface area contributed by atoms with Crippen molar-refractivity contribution in [2.75, 3.05) is 6.54 Å². The summed E-state index contributed by atoms with van der Waals surface area (Å²) < 4.78 is 64.1. The van der Waals surface area contributed by atoms with Gasteiger partial charge in [-0.2, -0.15) is 13.2 Å². The molecular weight excluding hydrogens is 269 g/mol. The molecule has 0 aliphatic carbocycles. The fourth-order valence-electron chi connectivity index (χ4n) is 2.19. The number of aliphatic hydroxyl groups is 1. The molecule has 2 N–H and O–H groups in total. The van der Waals surface area contributed by atoms with E-state index in [9.17, 15) is 27.1 Å². The molecule has 1 fully saturated rings. The van der Waals surface area contributed by atoms with Gasteiger partial charge in [0, 0.05) is 12.5 Å². The van der Waals surface area contributed by atoms with E-state index in [1.807, 2.05) is 0 Å². The first-order valence-electron chi connectivity index (χ1n) is 5.70. The largest absolute Gasteiger partial charge is 0.417 e.